The fourth-order valence-electron chi connectivity index (χ4n) is 2.15. The standard InChI is InChI=1S/C17H25N3O/c1-14(2)19(3)12-13-21-16(15-8-6-5-7-9-15)17-18-10-11-20(17)4/h5-11,14,16H,12-13H2,1-4H3. The van der Waals surface area contributed by atoms with Crippen molar-refractivity contribution < 1.29 is 4.74 Å². The van der Waals surface area contributed by atoms with Gasteiger partial charge in [0.25, 0.3) is 0 Å². The number of rotatable bonds is 7. The molecule has 114 valence electrons. The van der Waals surface area contributed by atoms with Gasteiger partial charge in [-0.2, -0.15) is 0 Å². The Balaban J connectivity index is 2.09. The molecule has 1 unspecified atom stereocenters. The first-order chi connectivity index (χ1) is 10.1. The van der Waals surface area contributed by atoms with Crippen molar-refractivity contribution >= 4 is 0 Å². The normalized spacial score (nSPS) is 13.0. The molecule has 0 amide bonds. The third kappa shape index (κ3) is 4.16. The largest absolute Gasteiger partial charge is 0.364 e. The maximum Gasteiger partial charge on any atom is 0.142 e. The molecule has 1 aromatic carbocycles. The van der Waals surface area contributed by atoms with E-state index in [9.17, 15) is 0 Å². The zero-order valence-corrected chi connectivity index (χ0v) is 13.4. The van der Waals surface area contributed by atoms with Crippen molar-refractivity contribution in [3.8, 4) is 0 Å². The Morgan fingerprint density at radius 3 is 2.52 bits per heavy atom. The average molecular weight is 287 g/mol. The highest BCUT2D eigenvalue weighted by atomic mass is 16.5. The number of aryl methyl sites for hydroxylation is 1. The Morgan fingerprint density at radius 2 is 1.95 bits per heavy atom. The number of imidazole rings is 1. The van der Waals surface area contributed by atoms with E-state index in [0.29, 0.717) is 12.6 Å². The van der Waals surface area contributed by atoms with Crippen LogP contribution in [-0.4, -0.2) is 40.7 Å². The lowest BCUT2D eigenvalue weighted by atomic mass is 10.1. The van der Waals surface area contributed by atoms with Crippen LogP contribution in [0.3, 0.4) is 0 Å². The number of ether oxygens (including phenoxy) is 1. The van der Waals surface area contributed by atoms with E-state index in [1.807, 2.05) is 42.2 Å². The number of hydrogen-bond acceptors (Lipinski definition) is 3. The first-order valence-electron chi connectivity index (χ1n) is 7.43. The van der Waals surface area contributed by atoms with Crippen molar-refractivity contribution in [1.29, 1.82) is 0 Å². The van der Waals surface area contributed by atoms with Crippen LogP contribution in [0.1, 0.15) is 31.3 Å². The van der Waals surface area contributed by atoms with Crippen LogP contribution < -0.4 is 0 Å². The van der Waals surface area contributed by atoms with Crippen molar-refractivity contribution in [3.63, 3.8) is 0 Å². The molecule has 0 aliphatic carbocycles. The number of aromatic nitrogens is 2. The summed E-state index contributed by atoms with van der Waals surface area (Å²) >= 11 is 0. The predicted octanol–water partition coefficient (Wildman–Crippen LogP) is 2.87. The van der Waals surface area contributed by atoms with Gasteiger partial charge in [0.1, 0.15) is 11.9 Å². The second kappa shape index (κ2) is 7.38. The molecule has 21 heavy (non-hydrogen) atoms. The molecule has 4 nitrogen and oxygen atoms in total. The summed E-state index contributed by atoms with van der Waals surface area (Å²) < 4.78 is 8.17. The number of benzene rings is 1. The highest BCUT2D eigenvalue weighted by Gasteiger charge is 2.19. The molecule has 4 heteroatoms. The molecule has 0 radical (unpaired) electrons. The molecule has 2 rings (SSSR count). The van der Waals surface area contributed by atoms with Gasteiger partial charge in [0, 0.05) is 32.0 Å². The molecule has 0 bridgehead atoms. The Kier molecular flexibility index (Phi) is 5.53. The minimum Gasteiger partial charge on any atom is -0.364 e. The molecule has 2 aromatic rings. The van der Waals surface area contributed by atoms with E-state index < -0.39 is 0 Å². The number of likely N-dealkylation sites (N-methyl/N-ethyl adjacent to an activating group) is 1. The van der Waals surface area contributed by atoms with Crippen LogP contribution in [0.2, 0.25) is 0 Å². The molecular weight excluding hydrogens is 262 g/mol. The minimum absolute atomic E-state index is 0.119. The monoisotopic (exact) mass is 287 g/mol. The molecule has 0 spiro atoms. The topological polar surface area (TPSA) is 30.3 Å². The lowest BCUT2D eigenvalue weighted by Gasteiger charge is -2.23. The SMILES string of the molecule is CC(C)N(C)CCOC(c1ccccc1)c1nccn1C. The summed E-state index contributed by atoms with van der Waals surface area (Å²) in [6.07, 6.45) is 3.65. The van der Waals surface area contributed by atoms with E-state index in [2.05, 4.69) is 42.9 Å². The summed E-state index contributed by atoms with van der Waals surface area (Å²) in [5, 5.41) is 0. The first-order valence-corrected chi connectivity index (χ1v) is 7.43. The highest BCUT2D eigenvalue weighted by molar-refractivity contribution is 5.23. The molecule has 0 N–H and O–H groups in total. The third-order valence-electron chi connectivity index (χ3n) is 3.81. The van der Waals surface area contributed by atoms with Gasteiger partial charge >= 0.3 is 0 Å². The second-order valence-corrected chi connectivity index (χ2v) is 5.63. The highest BCUT2D eigenvalue weighted by Crippen LogP contribution is 2.24. The fraction of sp³-hybridized carbons (Fsp3) is 0.471. The zero-order valence-electron chi connectivity index (χ0n) is 13.4. The van der Waals surface area contributed by atoms with Crippen molar-refractivity contribution in [2.45, 2.75) is 26.0 Å². The Labute approximate surface area is 127 Å². The first kappa shape index (κ1) is 15.7. The summed E-state index contributed by atoms with van der Waals surface area (Å²) in [5.41, 5.74) is 1.14. The predicted molar refractivity (Wildman–Crippen MR) is 85.2 cm³/mol. The van der Waals surface area contributed by atoms with Gasteiger partial charge in [-0.05, 0) is 26.5 Å². The van der Waals surface area contributed by atoms with Crippen molar-refractivity contribution in [3.05, 3.63) is 54.1 Å². The summed E-state index contributed by atoms with van der Waals surface area (Å²) in [5.74, 6) is 0.938. The number of hydrogen-bond donors (Lipinski definition) is 0. The molecule has 0 saturated carbocycles. The molecule has 0 fully saturated rings. The smallest absolute Gasteiger partial charge is 0.142 e. The van der Waals surface area contributed by atoms with Crippen LogP contribution in [0.4, 0.5) is 0 Å². The Hall–Kier alpha value is -1.65. The van der Waals surface area contributed by atoms with Gasteiger partial charge in [0.05, 0.1) is 6.61 Å². The Morgan fingerprint density at radius 1 is 1.24 bits per heavy atom. The fourth-order valence-corrected chi connectivity index (χ4v) is 2.15. The van der Waals surface area contributed by atoms with Crippen LogP contribution in [0.5, 0.6) is 0 Å². The number of nitrogens with zero attached hydrogens (tertiary/aromatic N) is 3. The lowest BCUT2D eigenvalue weighted by Crippen LogP contribution is -2.30. The van der Waals surface area contributed by atoms with Gasteiger partial charge in [-0.25, -0.2) is 4.98 Å². The van der Waals surface area contributed by atoms with E-state index in [4.69, 9.17) is 4.74 Å². The Bertz CT molecular complexity index is 536. The summed E-state index contributed by atoms with van der Waals surface area (Å²) in [4.78, 5) is 6.73. The van der Waals surface area contributed by atoms with Gasteiger partial charge in [-0.3, -0.25) is 0 Å². The zero-order chi connectivity index (χ0) is 15.2. The van der Waals surface area contributed by atoms with Gasteiger partial charge in [0.2, 0.25) is 0 Å². The molecular formula is C17H25N3O. The summed E-state index contributed by atoms with van der Waals surface area (Å²) in [6, 6.07) is 10.8. The van der Waals surface area contributed by atoms with Crippen molar-refractivity contribution in [1.82, 2.24) is 14.5 Å². The molecule has 1 atom stereocenters. The molecule has 1 aromatic heterocycles. The van der Waals surface area contributed by atoms with E-state index in [0.717, 1.165) is 17.9 Å². The van der Waals surface area contributed by atoms with Gasteiger partial charge in [0.15, 0.2) is 0 Å². The molecule has 0 saturated heterocycles. The van der Waals surface area contributed by atoms with E-state index in [1.165, 1.54) is 0 Å². The van der Waals surface area contributed by atoms with Crippen molar-refractivity contribution in [2.24, 2.45) is 7.05 Å². The maximum atomic E-state index is 6.15. The van der Waals surface area contributed by atoms with E-state index in [-0.39, 0.29) is 6.10 Å². The van der Waals surface area contributed by atoms with Crippen LogP contribution in [0.25, 0.3) is 0 Å². The van der Waals surface area contributed by atoms with Crippen LogP contribution >= 0.6 is 0 Å². The van der Waals surface area contributed by atoms with Gasteiger partial charge in [-0.1, -0.05) is 30.3 Å². The van der Waals surface area contributed by atoms with E-state index >= 15 is 0 Å². The van der Waals surface area contributed by atoms with Crippen molar-refractivity contribution in [2.75, 3.05) is 20.2 Å². The third-order valence-corrected chi connectivity index (χ3v) is 3.81. The maximum absolute atomic E-state index is 6.15. The van der Waals surface area contributed by atoms with Gasteiger partial charge in [-0.15, -0.1) is 0 Å². The summed E-state index contributed by atoms with van der Waals surface area (Å²) in [7, 11) is 4.12. The molecule has 0 aliphatic heterocycles. The van der Waals surface area contributed by atoms with Crippen LogP contribution in [-0.2, 0) is 11.8 Å². The van der Waals surface area contributed by atoms with Crippen LogP contribution in [0, 0.1) is 0 Å². The second-order valence-electron chi connectivity index (χ2n) is 5.63. The van der Waals surface area contributed by atoms with Crippen LogP contribution in [0.15, 0.2) is 42.7 Å². The average Bonchev–Trinajstić information content (AvgIpc) is 2.90. The van der Waals surface area contributed by atoms with Gasteiger partial charge < -0.3 is 14.2 Å². The van der Waals surface area contributed by atoms with E-state index in [1.54, 1.807) is 0 Å². The quantitative estimate of drug-likeness (QED) is 0.784. The molecule has 0 aliphatic rings. The summed E-state index contributed by atoms with van der Waals surface area (Å²) in [6.45, 7) is 5.97. The lowest BCUT2D eigenvalue weighted by molar-refractivity contribution is 0.0533. The minimum atomic E-state index is -0.119. The molecule has 1 heterocycles.